The number of carbonyl (C=O) groups excluding carboxylic acids is 3. The van der Waals surface area contributed by atoms with Crippen LogP contribution in [0.15, 0.2) is 25.3 Å². The second kappa shape index (κ2) is 9.97. The van der Waals surface area contributed by atoms with E-state index in [4.69, 9.17) is 0 Å². The predicted molar refractivity (Wildman–Crippen MR) is 123 cm³/mol. The Morgan fingerprint density at radius 3 is 2.39 bits per heavy atom. The summed E-state index contributed by atoms with van der Waals surface area (Å²) in [4.78, 5) is 40.7. The highest BCUT2D eigenvalue weighted by molar-refractivity contribution is 7.91. The van der Waals surface area contributed by atoms with Gasteiger partial charge in [0.2, 0.25) is 21.8 Å². The molecule has 3 fully saturated rings. The standard InChI is InChI=1S/C23H35N3O6S/c1-4-6-7-8-11-26(3)21(29)19-13-16(27)12-18(19)20(28)24-23(14-15(23)5-2)22(30)25-33(31,32)17-9-10-17/h4-5,15-19,27H,1-2,6-14H2,3H3,(H,24,28)(H,25,30)/t15-,16+,18-,19-,23-/m1/s1. The van der Waals surface area contributed by atoms with Crippen LogP contribution in [0.2, 0.25) is 0 Å². The zero-order valence-corrected chi connectivity index (χ0v) is 20.0. The van der Waals surface area contributed by atoms with Crippen LogP contribution < -0.4 is 10.0 Å². The number of amides is 3. The maximum Gasteiger partial charge on any atom is 0.259 e. The summed E-state index contributed by atoms with van der Waals surface area (Å²) in [5, 5.41) is 12.4. The molecule has 0 saturated heterocycles. The van der Waals surface area contributed by atoms with Crippen LogP contribution in [0.25, 0.3) is 0 Å². The number of nitrogens with zero attached hydrogens (tertiary/aromatic N) is 1. The molecule has 0 unspecified atom stereocenters. The summed E-state index contributed by atoms with van der Waals surface area (Å²) in [6.45, 7) is 7.90. The van der Waals surface area contributed by atoms with Gasteiger partial charge >= 0.3 is 0 Å². The number of hydrogen-bond donors (Lipinski definition) is 3. The fraction of sp³-hybridized carbons (Fsp3) is 0.696. The molecular formula is C23H35N3O6S. The molecule has 9 nitrogen and oxygen atoms in total. The third kappa shape index (κ3) is 5.66. The highest BCUT2D eigenvalue weighted by Gasteiger charge is 2.62. The Kier molecular flexibility index (Phi) is 7.68. The lowest BCUT2D eigenvalue weighted by atomic mass is 9.93. The number of rotatable bonds is 12. The van der Waals surface area contributed by atoms with Crippen LogP contribution in [0.3, 0.4) is 0 Å². The van der Waals surface area contributed by atoms with Crippen LogP contribution in [-0.2, 0) is 24.4 Å². The Morgan fingerprint density at radius 2 is 1.82 bits per heavy atom. The molecule has 184 valence electrons. The molecule has 0 aromatic heterocycles. The van der Waals surface area contributed by atoms with Crippen LogP contribution >= 0.6 is 0 Å². The predicted octanol–water partition coefficient (Wildman–Crippen LogP) is 0.858. The number of nitrogens with one attached hydrogen (secondary N) is 2. The Hall–Kier alpha value is -2.20. The molecule has 3 aliphatic carbocycles. The SMILES string of the molecule is C=CCCCCN(C)C(=O)[C@@H]1C[C@@H](O)C[C@H]1C(=O)N[C@]1(C(=O)NS(=O)(=O)C2CC2)C[C@H]1C=C. The van der Waals surface area contributed by atoms with Crippen molar-refractivity contribution in [2.75, 3.05) is 13.6 Å². The van der Waals surface area contributed by atoms with E-state index in [0.717, 1.165) is 19.3 Å². The van der Waals surface area contributed by atoms with Crippen molar-refractivity contribution < 1.29 is 27.9 Å². The molecule has 0 spiro atoms. The highest BCUT2D eigenvalue weighted by atomic mass is 32.2. The van der Waals surface area contributed by atoms with Crippen LogP contribution in [-0.4, -0.2) is 66.6 Å². The average molecular weight is 482 g/mol. The van der Waals surface area contributed by atoms with Gasteiger partial charge in [0.25, 0.3) is 5.91 Å². The summed E-state index contributed by atoms with van der Waals surface area (Å²) in [5.41, 5.74) is -1.39. The number of aliphatic hydroxyl groups excluding tert-OH is 1. The third-order valence-corrected chi connectivity index (χ3v) is 8.79. The summed E-state index contributed by atoms with van der Waals surface area (Å²) < 4.78 is 26.6. The van der Waals surface area contributed by atoms with Crippen LogP contribution in [0, 0.1) is 17.8 Å². The van der Waals surface area contributed by atoms with Gasteiger partial charge < -0.3 is 15.3 Å². The normalized spacial score (nSPS) is 30.8. The first kappa shape index (κ1) is 25.4. The lowest BCUT2D eigenvalue weighted by Crippen LogP contribution is -2.54. The lowest BCUT2D eigenvalue weighted by molar-refractivity contribution is -0.140. The van der Waals surface area contributed by atoms with E-state index in [9.17, 15) is 27.9 Å². The Labute approximate surface area is 195 Å². The van der Waals surface area contributed by atoms with Crippen molar-refractivity contribution in [1.82, 2.24) is 14.9 Å². The van der Waals surface area contributed by atoms with Crippen molar-refractivity contribution in [2.24, 2.45) is 17.8 Å². The Balaban J connectivity index is 1.67. The molecule has 0 aliphatic heterocycles. The van der Waals surface area contributed by atoms with Gasteiger partial charge in [-0.05, 0) is 51.4 Å². The van der Waals surface area contributed by atoms with Gasteiger partial charge in [-0.3, -0.25) is 19.1 Å². The second-order valence-electron chi connectivity index (χ2n) is 9.56. The van der Waals surface area contributed by atoms with Crippen molar-refractivity contribution in [3.05, 3.63) is 25.3 Å². The van der Waals surface area contributed by atoms with E-state index in [1.54, 1.807) is 11.9 Å². The first-order valence-corrected chi connectivity index (χ1v) is 13.1. The molecule has 5 atom stereocenters. The quantitative estimate of drug-likeness (QED) is 0.280. The van der Waals surface area contributed by atoms with E-state index < -0.39 is 56.5 Å². The molecule has 3 saturated carbocycles. The first-order valence-electron chi connectivity index (χ1n) is 11.6. The first-order chi connectivity index (χ1) is 15.6. The average Bonchev–Trinajstić information content (AvgIpc) is 3.67. The van der Waals surface area contributed by atoms with E-state index in [0.29, 0.717) is 19.4 Å². The van der Waals surface area contributed by atoms with Crippen LogP contribution in [0.4, 0.5) is 0 Å². The van der Waals surface area contributed by atoms with Crippen molar-refractivity contribution >= 4 is 27.7 Å². The van der Waals surface area contributed by atoms with E-state index in [2.05, 4.69) is 23.2 Å². The maximum atomic E-state index is 13.2. The van der Waals surface area contributed by atoms with Crippen molar-refractivity contribution in [1.29, 1.82) is 0 Å². The van der Waals surface area contributed by atoms with E-state index in [1.807, 2.05) is 6.08 Å². The summed E-state index contributed by atoms with van der Waals surface area (Å²) in [6.07, 6.45) is 6.68. The Morgan fingerprint density at radius 1 is 1.15 bits per heavy atom. The zero-order chi connectivity index (χ0) is 24.4. The molecule has 3 rings (SSSR count). The molecule has 3 aliphatic rings. The summed E-state index contributed by atoms with van der Waals surface area (Å²) in [5.74, 6) is -3.39. The van der Waals surface area contributed by atoms with Gasteiger partial charge in [0.05, 0.1) is 23.2 Å². The zero-order valence-electron chi connectivity index (χ0n) is 19.2. The second-order valence-corrected chi connectivity index (χ2v) is 11.5. The van der Waals surface area contributed by atoms with Gasteiger partial charge in [0.15, 0.2) is 0 Å². The monoisotopic (exact) mass is 481 g/mol. The number of sulfonamides is 1. The number of hydrogen-bond acceptors (Lipinski definition) is 6. The maximum absolute atomic E-state index is 13.2. The number of allylic oxidation sites excluding steroid dienone is 1. The smallest absolute Gasteiger partial charge is 0.259 e. The minimum absolute atomic E-state index is 0.114. The van der Waals surface area contributed by atoms with Gasteiger partial charge in [0.1, 0.15) is 5.54 Å². The summed E-state index contributed by atoms with van der Waals surface area (Å²) >= 11 is 0. The molecule has 0 heterocycles. The molecule has 10 heteroatoms. The van der Waals surface area contributed by atoms with E-state index >= 15 is 0 Å². The van der Waals surface area contributed by atoms with E-state index in [1.165, 1.54) is 6.08 Å². The fourth-order valence-corrected chi connectivity index (χ4v) is 6.00. The molecule has 0 radical (unpaired) electrons. The molecular weight excluding hydrogens is 446 g/mol. The van der Waals surface area contributed by atoms with Crippen LogP contribution in [0.5, 0.6) is 0 Å². The lowest BCUT2D eigenvalue weighted by Gasteiger charge is -2.26. The van der Waals surface area contributed by atoms with Crippen molar-refractivity contribution in [3.8, 4) is 0 Å². The summed E-state index contributed by atoms with van der Waals surface area (Å²) in [6, 6.07) is 0. The third-order valence-electron chi connectivity index (χ3n) is 6.97. The van der Waals surface area contributed by atoms with Crippen LogP contribution in [0.1, 0.15) is 51.4 Å². The topological polar surface area (TPSA) is 133 Å². The van der Waals surface area contributed by atoms with Gasteiger partial charge in [0, 0.05) is 19.5 Å². The van der Waals surface area contributed by atoms with Gasteiger partial charge in [-0.15, -0.1) is 13.2 Å². The summed E-state index contributed by atoms with van der Waals surface area (Å²) in [7, 11) is -2.08. The molecule has 0 aromatic carbocycles. The largest absolute Gasteiger partial charge is 0.393 e. The molecule has 33 heavy (non-hydrogen) atoms. The fourth-order valence-electron chi connectivity index (χ4n) is 4.63. The minimum Gasteiger partial charge on any atom is -0.393 e. The van der Waals surface area contributed by atoms with Crippen molar-refractivity contribution in [3.63, 3.8) is 0 Å². The van der Waals surface area contributed by atoms with Gasteiger partial charge in [-0.1, -0.05) is 12.2 Å². The Bertz CT molecular complexity index is 915. The minimum atomic E-state index is -3.77. The number of carbonyl (C=O) groups is 3. The van der Waals surface area contributed by atoms with Gasteiger partial charge in [-0.25, -0.2) is 8.42 Å². The van der Waals surface area contributed by atoms with Gasteiger partial charge in [-0.2, -0.15) is 0 Å². The number of unbranched alkanes of at least 4 members (excludes halogenated alkanes) is 2. The van der Waals surface area contributed by atoms with Crippen molar-refractivity contribution in [2.45, 2.75) is 68.3 Å². The molecule has 0 bridgehead atoms. The van der Waals surface area contributed by atoms with E-state index in [-0.39, 0.29) is 25.2 Å². The highest BCUT2D eigenvalue weighted by Crippen LogP contribution is 2.46. The molecule has 0 aromatic rings. The molecule has 3 amide bonds. The molecule has 3 N–H and O–H groups in total. The number of aliphatic hydroxyl groups is 1.